The van der Waals surface area contributed by atoms with Gasteiger partial charge in [0.05, 0.1) is 39.6 Å². The van der Waals surface area contributed by atoms with Crippen LogP contribution >= 0.6 is 22.4 Å². The average molecular weight is 478 g/mol. The summed E-state index contributed by atoms with van der Waals surface area (Å²) in [5, 5.41) is 0. The van der Waals surface area contributed by atoms with Crippen LogP contribution in [0.5, 0.6) is 0 Å². The van der Waals surface area contributed by atoms with Crippen LogP contribution < -0.4 is 0 Å². The molecule has 3 N–H and O–H groups in total. The molecule has 27 heavy (non-hydrogen) atoms. The Hall–Kier alpha value is 0.750. The van der Waals surface area contributed by atoms with Gasteiger partial charge in [-0.25, -0.2) is 9.13 Å². The maximum Gasteiger partial charge on any atom is 0.472 e. The first-order valence-corrected chi connectivity index (χ1v) is 13.8. The second kappa shape index (κ2) is 18.8. The lowest BCUT2D eigenvalue weighted by Crippen LogP contribution is -1.93. The molecular formula is C12H33O11P3S. The van der Waals surface area contributed by atoms with Crippen molar-refractivity contribution in [1.29, 1.82) is 0 Å². The van der Waals surface area contributed by atoms with Crippen molar-refractivity contribution in [2.75, 3.05) is 39.6 Å². The van der Waals surface area contributed by atoms with E-state index in [0.717, 1.165) is 0 Å². The molecule has 15 heteroatoms. The molecule has 0 unspecified atom stereocenters. The van der Waals surface area contributed by atoms with Gasteiger partial charge >= 0.3 is 22.4 Å². The van der Waals surface area contributed by atoms with Gasteiger partial charge in [-0.3, -0.25) is 18.1 Å². The third-order valence-corrected chi connectivity index (χ3v) is 5.89. The Morgan fingerprint density at radius 3 is 0.889 bits per heavy atom. The lowest BCUT2D eigenvalue weighted by molar-refractivity contribution is 0.160. The van der Waals surface area contributed by atoms with Crippen LogP contribution in [0.1, 0.15) is 41.5 Å². The van der Waals surface area contributed by atoms with Crippen molar-refractivity contribution < 1.29 is 51.0 Å². The minimum Gasteiger partial charge on any atom is -0.324 e. The molecule has 0 aliphatic rings. The fourth-order valence-electron chi connectivity index (χ4n) is 1.09. The van der Waals surface area contributed by atoms with E-state index in [1.807, 2.05) is 0 Å². The topological polar surface area (TPSA) is 150 Å². The Morgan fingerprint density at radius 2 is 0.741 bits per heavy atom. The molecule has 0 aromatic heterocycles. The molecule has 0 radical (unpaired) electrons. The SMILES string of the molecule is CCOP(=O)(O)OCC.CCOP(=O)(O)OCC.CCOP(O)(=S)OCC. The van der Waals surface area contributed by atoms with E-state index in [4.69, 9.17) is 23.7 Å². The Balaban J connectivity index is -0.000000320. The van der Waals surface area contributed by atoms with E-state index in [0.29, 0.717) is 13.2 Å². The molecular weight excluding hydrogens is 445 g/mol. The van der Waals surface area contributed by atoms with E-state index in [1.165, 1.54) is 0 Å². The van der Waals surface area contributed by atoms with E-state index in [1.54, 1.807) is 41.5 Å². The quantitative estimate of drug-likeness (QED) is 0.352. The van der Waals surface area contributed by atoms with Crippen LogP contribution in [-0.2, 0) is 48.1 Å². The molecule has 0 saturated carbocycles. The van der Waals surface area contributed by atoms with E-state index in [-0.39, 0.29) is 26.4 Å². The van der Waals surface area contributed by atoms with Gasteiger partial charge in [-0.15, -0.1) is 0 Å². The van der Waals surface area contributed by atoms with Crippen molar-refractivity contribution in [1.82, 2.24) is 0 Å². The lowest BCUT2D eigenvalue weighted by atomic mass is 10.9. The molecule has 0 atom stereocenters. The largest absolute Gasteiger partial charge is 0.472 e. The molecule has 0 aliphatic carbocycles. The van der Waals surface area contributed by atoms with Crippen LogP contribution in [0.2, 0.25) is 0 Å². The Morgan fingerprint density at radius 1 is 0.556 bits per heavy atom. The summed E-state index contributed by atoms with van der Waals surface area (Å²) < 4.78 is 47.9. The highest BCUT2D eigenvalue weighted by Crippen LogP contribution is 2.43. The van der Waals surface area contributed by atoms with E-state index < -0.39 is 22.4 Å². The maximum absolute atomic E-state index is 10.5. The van der Waals surface area contributed by atoms with Gasteiger partial charge in [0.25, 0.3) is 0 Å². The molecule has 0 fully saturated rings. The molecule has 11 nitrogen and oxygen atoms in total. The summed E-state index contributed by atoms with van der Waals surface area (Å²) in [5.41, 5.74) is 0. The lowest BCUT2D eigenvalue weighted by Gasteiger charge is -2.12. The summed E-state index contributed by atoms with van der Waals surface area (Å²) in [6.45, 7) is 8.72. The first kappa shape index (κ1) is 32.4. The maximum atomic E-state index is 10.5. The summed E-state index contributed by atoms with van der Waals surface area (Å²) >= 11 is 4.56. The zero-order valence-electron chi connectivity index (χ0n) is 16.6. The molecule has 0 aliphatic heterocycles. The number of phosphoric ester groups is 2. The zero-order chi connectivity index (χ0) is 22.0. The van der Waals surface area contributed by atoms with Crippen molar-refractivity contribution >= 4 is 34.2 Å². The second-order valence-electron chi connectivity index (χ2n) is 3.91. The smallest absolute Gasteiger partial charge is 0.324 e. The third kappa shape index (κ3) is 26.8. The van der Waals surface area contributed by atoms with Gasteiger partial charge in [-0.2, -0.15) is 0 Å². The van der Waals surface area contributed by atoms with E-state index in [9.17, 15) is 9.13 Å². The normalized spacial score (nSPS) is 11.9. The molecule has 0 amide bonds. The first-order chi connectivity index (χ1) is 12.4. The number of phosphoric acid groups is 2. The summed E-state index contributed by atoms with van der Waals surface area (Å²) in [4.78, 5) is 26.2. The van der Waals surface area contributed by atoms with Gasteiger partial charge in [0.1, 0.15) is 0 Å². The molecule has 0 aromatic rings. The van der Waals surface area contributed by atoms with Gasteiger partial charge in [-0.1, -0.05) is 0 Å². The third-order valence-electron chi connectivity index (χ3n) is 1.75. The number of hydrogen-bond acceptors (Lipinski definition) is 9. The van der Waals surface area contributed by atoms with Crippen molar-refractivity contribution in [3.63, 3.8) is 0 Å². The summed E-state index contributed by atoms with van der Waals surface area (Å²) in [6, 6.07) is 0. The standard InChI is InChI=1S/2C4H11O4P.C4H11O3PS/c2*1-3-7-9(5,6)8-4-2;1-3-6-8(5,9)7-4-2/h2*3-4H2,1-2H3,(H,5,6);3-4H2,1-2H3,(H,5,9). The highest BCUT2D eigenvalue weighted by Gasteiger charge is 2.18. The molecule has 168 valence electrons. The van der Waals surface area contributed by atoms with E-state index >= 15 is 0 Å². The van der Waals surface area contributed by atoms with Crippen molar-refractivity contribution in [3.8, 4) is 0 Å². The van der Waals surface area contributed by atoms with Crippen molar-refractivity contribution in [2.45, 2.75) is 41.5 Å². The molecule has 0 saturated heterocycles. The highest BCUT2D eigenvalue weighted by atomic mass is 32.5. The number of hydrogen-bond donors (Lipinski definition) is 3. The van der Waals surface area contributed by atoms with Gasteiger partial charge in [0.2, 0.25) is 0 Å². The molecule has 0 rings (SSSR count). The minimum atomic E-state index is -3.69. The molecule has 0 aromatic carbocycles. The van der Waals surface area contributed by atoms with Crippen molar-refractivity contribution in [3.05, 3.63) is 0 Å². The van der Waals surface area contributed by atoms with Crippen LogP contribution in [0, 0.1) is 0 Å². The average Bonchev–Trinajstić information content (AvgIpc) is 2.47. The van der Waals surface area contributed by atoms with Crippen LogP contribution in [0.15, 0.2) is 0 Å². The fraction of sp³-hybridized carbons (Fsp3) is 1.00. The van der Waals surface area contributed by atoms with Crippen LogP contribution in [0.4, 0.5) is 0 Å². The van der Waals surface area contributed by atoms with E-state index in [2.05, 4.69) is 29.9 Å². The molecule has 0 spiro atoms. The summed E-state index contributed by atoms with van der Waals surface area (Å²) in [5.74, 6) is 0. The molecule has 0 heterocycles. The molecule has 0 bridgehead atoms. The second-order valence-corrected chi connectivity index (χ2v) is 9.66. The van der Waals surface area contributed by atoms with Crippen LogP contribution in [-0.4, -0.2) is 54.3 Å². The zero-order valence-corrected chi connectivity index (χ0v) is 20.1. The predicted octanol–water partition coefficient (Wildman–Crippen LogP) is 3.60. The van der Waals surface area contributed by atoms with Gasteiger partial charge in [0.15, 0.2) is 0 Å². The monoisotopic (exact) mass is 478 g/mol. The van der Waals surface area contributed by atoms with Gasteiger partial charge in [0, 0.05) is 0 Å². The highest BCUT2D eigenvalue weighted by molar-refractivity contribution is 8.07. The van der Waals surface area contributed by atoms with Gasteiger partial charge in [-0.05, 0) is 53.3 Å². The Bertz CT molecular complexity index is 381. The summed E-state index contributed by atoms with van der Waals surface area (Å²) in [6.07, 6.45) is 0. The Labute approximate surface area is 166 Å². The summed E-state index contributed by atoms with van der Waals surface area (Å²) in [7, 11) is -7.39. The first-order valence-electron chi connectivity index (χ1n) is 8.22. The fourth-order valence-corrected chi connectivity index (χ4v) is 3.90. The van der Waals surface area contributed by atoms with Crippen molar-refractivity contribution in [2.24, 2.45) is 0 Å². The Kier molecular flexibility index (Phi) is 22.5. The van der Waals surface area contributed by atoms with Crippen LogP contribution in [0.3, 0.4) is 0 Å². The number of rotatable bonds is 12. The minimum absolute atomic E-state index is 0.188. The van der Waals surface area contributed by atoms with Gasteiger partial charge < -0.3 is 23.7 Å². The van der Waals surface area contributed by atoms with Crippen LogP contribution in [0.25, 0.3) is 0 Å². The predicted molar refractivity (Wildman–Crippen MR) is 106 cm³/mol.